The van der Waals surface area contributed by atoms with Crippen molar-refractivity contribution < 1.29 is 9.59 Å². The minimum Gasteiger partial charge on any atom is -0.380 e. The largest absolute Gasteiger partial charge is 0.380 e. The lowest BCUT2D eigenvalue weighted by Crippen LogP contribution is -2.32. The summed E-state index contributed by atoms with van der Waals surface area (Å²) >= 11 is 0. The molecule has 0 saturated carbocycles. The van der Waals surface area contributed by atoms with Gasteiger partial charge in [0.25, 0.3) is 5.91 Å². The molecule has 0 spiro atoms. The molecule has 2 amide bonds. The highest BCUT2D eigenvalue weighted by molar-refractivity contribution is 5.98. The van der Waals surface area contributed by atoms with Crippen LogP contribution in [-0.4, -0.2) is 57.9 Å². The van der Waals surface area contributed by atoms with Gasteiger partial charge in [-0.15, -0.1) is 0 Å². The second-order valence-electron chi connectivity index (χ2n) is 9.50. The van der Waals surface area contributed by atoms with E-state index < -0.39 is 5.91 Å². The third-order valence-electron chi connectivity index (χ3n) is 6.87. The van der Waals surface area contributed by atoms with Gasteiger partial charge in [0.05, 0.1) is 28.7 Å². The van der Waals surface area contributed by atoms with Crippen LogP contribution in [0.2, 0.25) is 0 Å². The van der Waals surface area contributed by atoms with Crippen LogP contribution in [0.5, 0.6) is 0 Å². The SMILES string of the molecule is CN1CCC(=O)N(c2ccc(Cc3cc(NCc4cccc5ccn(C)c45)c(C(N)=O)cn3)nc2)CC1. The summed E-state index contributed by atoms with van der Waals surface area (Å²) in [6.45, 7) is 2.78. The number of carbonyl (C=O) groups is 2. The molecule has 1 saturated heterocycles. The summed E-state index contributed by atoms with van der Waals surface area (Å²) in [4.78, 5) is 37.6. The molecular formula is C28H31N7O2. The Kier molecular flexibility index (Phi) is 6.87. The highest BCUT2D eigenvalue weighted by atomic mass is 16.2. The fourth-order valence-electron chi connectivity index (χ4n) is 4.78. The van der Waals surface area contributed by atoms with E-state index in [-0.39, 0.29) is 5.91 Å². The lowest BCUT2D eigenvalue weighted by molar-refractivity contribution is -0.118. The number of likely N-dealkylation sites (N-methyl/N-ethyl adjacent to an activating group) is 1. The molecule has 0 aliphatic carbocycles. The predicted octanol–water partition coefficient (Wildman–Crippen LogP) is 2.94. The minimum atomic E-state index is -0.533. The van der Waals surface area contributed by atoms with Crippen molar-refractivity contribution in [3.05, 3.63) is 83.6 Å². The van der Waals surface area contributed by atoms with E-state index in [0.29, 0.717) is 37.2 Å². The number of rotatable bonds is 7. The maximum Gasteiger partial charge on any atom is 0.252 e. The van der Waals surface area contributed by atoms with Crippen LogP contribution in [0.25, 0.3) is 10.9 Å². The molecule has 9 nitrogen and oxygen atoms in total. The first-order valence-electron chi connectivity index (χ1n) is 12.4. The van der Waals surface area contributed by atoms with Crippen LogP contribution in [0.15, 0.2) is 61.1 Å². The summed E-state index contributed by atoms with van der Waals surface area (Å²) in [5.74, 6) is -0.418. The van der Waals surface area contributed by atoms with E-state index in [0.717, 1.165) is 46.6 Å². The molecule has 37 heavy (non-hydrogen) atoms. The Balaban J connectivity index is 1.33. The first-order valence-corrected chi connectivity index (χ1v) is 12.4. The van der Waals surface area contributed by atoms with Crippen molar-refractivity contribution in [2.45, 2.75) is 19.4 Å². The second kappa shape index (κ2) is 10.4. The number of anilines is 2. The van der Waals surface area contributed by atoms with Gasteiger partial charge >= 0.3 is 0 Å². The molecule has 1 aromatic carbocycles. The summed E-state index contributed by atoms with van der Waals surface area (Å²) in [7, 11) is 4.05. The fraction of sp³-hybridized carbons (Fsp3) is 0.286. The summed E-state index contributed by atoms with van der Waals surface area (Å²) < 4.78 is 2.09. The zero-order valence-electron chi connectivity index (χ0n) is 21.1. The molecule has 190 valence electrons. The molecule has 0 radical (unpaired) electrons. The van der Waals surface area contributed by atoms with E-state index in [1.807, 2.05) is 44.6 Å². The van der Waals surface area contributed by atoms with E-state index >= 15 is 0 Å². The number of carbonyl (C=O) groups excluding carboxylic acids is 2. The maximum absolute atomic E-state index is 12.5. The predicted molar refractivity (Wildman–Crippen MR) is 145 cm³/mol. The van der Waals surface area contributed by atoms with E-state index in [1.165, 1.54) is 6.20 Å². The molecule has 4 heterocycles. The van der Waals surface area contributed by atoms with Gasteiger partial charge in [0.1, 0.15) is 0 Å². The van der Waals surface area contributed by atoms with Crippen molar-refractivity contribution in [3.63, 3.8) is 0 Å². The average Bonchev–Trinajstić information content (AvgIpc) is 3.19. The number of hydrogen-bond acceptors (Lipinski definition) is 6. The summed E-state index contributed by atoms with van der Waals surface area (Å²) in [6, 6.07) is 14.0. The molecule has 0 unspecified atom stereocenters. The Morgan fingerprint density at radius 3 is 2.65 bits per heavy atom. The smallest absolute Gasteiger partial charge is 0.252 e. The van der Waals surface area contributed by atoms with Crippen molar-refractivity contribution in [1.82, 2.24) is 19.4 Å². The molecule has 1 aliphatic heterocycles. The Morgan fingerprint density at radius 2 is 1.86 bits per heavy atom. The second-order valence-corrected chi connectivity index (χ2v) is 9.50. The van der Waals surface area contributed by atoms with Crippen molar-refractivity contribution in [1.29, 1.82) is 0 Å². The van der Waals surface area contributed by atoms with Crippen LogP contribution >= 0.6 is 0 Å². The third kappa shape index (κ3) is 5.31. The Morgan fingerprint density at radius 1 is 1.03 bits per heavy atom. The third-order valence-corrected chi connectivity index (χ3v) is 6.87. The van der Waals surface area contributed by atoms with Crippen LogP contribution in [0.1, 0.15) is 33.7 Å². The fourth-order valence-corrected chi connectivity index (χ4v) is 4.78. The number of fused-ring (bicyclic) bond motifs is 1. The number of nitrogens with two attached hydrogens (primary N) is 1. The summed E-state index contributed by atoms with van der Waals surface area (Å²) in [5, 5.41) is 4.55. The number of pyridine rings is 2. The molecule has 5 rings (SSSR count). The molecule has 3 aromatic heterocycles. The van der Waals surface area contributed by atoms with E-state index in [1.54, 1.807) is 11.1 Å². The molecule has 0 bridgehead atoms. The normalized spacial score (nSPS) is 14.6. The Bertz CT molecular complexity index is 1440. The number of aryl methyl sites for hydroxylation is 1. The van der Waals surface area contributed by atoms with Gasteiger partial charge in [-0.05, 0) is 42.3 Å². The lowest BCUT2D eigenvalue weighted by Gasteiger charge is -2.20. The highest BCUT2D eigenvalue weighted by Gasteiger charge is 2.21. The van der Waals surface area contributed by atoms with Crippen molar-refractivity contribution in [3.8, 4) is 0 Å². The zero-order chi connectivity index (χ0) is 25.9. The Hall–Kier alpha value is -4.24. The van der Waals surface area contributed by atoms with E-state index in [4.69, 9.17) is 5.73 Å². The van der Waals surface area contributed by atoms with Crippen LogP contribution in [0, 0.1) is 0 Å². The molecule has 1 aliphatic rings. The first-order chi connectivity index (χ1) is 17.9. The van der Waals surface area contributed by atoms with Crippen LogP contribution in [0.3, 0.4) is 0 Å². The van der Waals surface area contributed by atoms with Gasteiger partial charge in [0.2, 0.25) is 5.91 Å². The average molecular weight is 498 g/mol. The number of primary amides is 1. The number of hydrogen-bond donors (Lipinski definition) is 2. The van der Waals surface area contributed by atoms with Crippen LogP contribution < -0.4 is 16.0 Å². The number of aromatic nitrogens is 3. The number of amides is 2. The molecule has 3 N–H and O–H groups in total. The number of nitrogens with one attached hydrogen (secondary N) is 1. The van der Waals surface area contributed by atoms with E-state index in [2.05, 4.69) is 43.0 Å². The molecule has 1 fully saturated rings. The van der Waals surface area contributed by atoms with Gasteiger partial charge in [0, 0.05) is 69.8 Å². The standard InChI is InChI=1S/C28H31N7O2/c1-33-10-9-26(36)35(13-12-33)23-7-6-21(30-17-23)14-22-15-25(24(18-31-22)28(29)37)32-16-20-5-3-4-19-8-11-34(2)27(19)20/h3-8,11,15,17-18H,9-10,12-14,16H2,1-2H3,(H2,29,37)(H,31,32). The lowest BCUT2D eigenvalue weighted by atomic mass is 10.1. The maximum atomic E-state index is 12.5. The first kappa shape index (κ1) is 24.5. The zero-order valence-corrected chi connectivity index (χ0v) is 21.1. The Labute approximate surface area is 215 Å². The van der Waals surface area contributed by atoms with E-state index in [9.17, 15) is 9.59 Å². The molecule has 4 aromatic rings. The summed E-state index contributed by atoms with van der Waals surface area (Å²) in [6.07, 6.45) is 6.29. The van der Waals surface area contributed by atoms with Crippen LogP contribution in [-0.2, 0) is 24.8 Å². The molecular weight excluding hydrogens is 466 g/mol. The number of benzene rings is 1. The van der Waals surface area contributed by atoms with Crippen molar-refractivity contribution in [2.24, 2.45) is 12.8 Å². The van der Waals surface area contributed by atoms with Gasteiger partial charge in [-0.3, -0.25) is 19.6 Å². The minimum absolute atomic E-state index is 0.115. The summed E-state index contributed by atoms with van der Waals surface area (Å²) in [5.41, 5.74) is 11.3. The topological polar surface area (TPSA) is 109 Å². The van der Waals surface area contributed by atoms with Crippen molar-refractivity contribution in [2.75, 3.05) is 36.9 Å². The van der Waals surface area contributed by atoms with Crippen molar-refractivity contribution >= 4 is 34.1 Å². The quantitative estimate of drug-likeness (QED) is 0.406. The number of nitrogens with zero attached hydrogens (tertiary/aromatic N) is 5. The van der Waals surface area contributed by atoms with Gasteiger partial charge < -0.3 is 25.4 Å². The van der Waals surface area contributed by atoms with Gasteiger partial charge in [-0.25, -0.2) is 0 Å². The highest BCUT2D eigenvalue weighted by Crippen LogP contribution is 2.23. The molecule has 0 atom stereocenters. The number of para-hydroxylation sites is 1. The van der Waals surface area contributed by atoms with Crippen LogP contribution in [0.4, 0.5) is 11.4 Å². The van der Waals surface area contributed by atoms with Gasteiger partial charge in [-0.1, -0.05) is 18.2 Å². The molecule has 9 heteroatoms. The van der Waals surface area contributed by atoms with Gasteiger partial charge in [0.15, 0.2) is 0 Å². The van der Waals surface area contributed by atoms with Gasteiger partial charge in [-0.2, -0.15) is 0 Å². The monoisotopic (exact) mass is 497 g/mol.